The van der Waals surface area contributed by atoms with Crippen molar-refractivity contribution in [1.29, 1.82) is 0 Å². The molecule has 0 heterocycles. The molecule has 2 aromatic carbocycles. The molecule has 0 spiro atoms. The van der Waals surface area contributed by atoms with Crippen molar-refractivity contribution in [2.75, 3.05) is 0 Å². The van der Waals surface area contributed by atoms with Gasteiger partial charge >= 0.3 is 0 Å². The normalized spacial score (nSPS) is 12.9. The maximum Gasteiger partial charge on any atom is 0.0351 e. The Hall–Kier alpha value is -1.60. The van der Waals surface area contributed by atoms with Gasteiger partial charge in [0.2, 0.25) is 0 Å². The van der Waals surface area contributed by atoms with Gasteiger partial charge in [-0.2, -0.15) is 0 Å². The minimum Gasteiger partial charge on any atom is -0.327 e. The molecule has 1 heteroatoms. The smallest absolute Gasteiger partial charge is 0.0351 e. The van der Waals surface area contributed by atoms with Crippen molar-refractivity contribution >= 4 is 0 Å². The molecule has 0 bridgehead atoms. The van der Waals surface area contributed by atoms with Crippen LogP contribution in [0, 0.1) is 0 Å². The Morgan fingerprint density at radius 1 is 0.692 bits per heavy atom. The molecular formula is C25H37N. The van der Waals surface area contributed by atoms with Gasteiger partial charge in [0.15, 0.2) is 0 Å². The first kappa shape index (κ1) is 20.7. The maximum absolute atomic E-state index is 6.89. The van der Waals surface area contributed by atoms with E-state index in [0.29, 0.717) is 0 Å². The van der Waals surface area contributed by atoms with Gasteiger partial charge < -0.3 is 5.73 Å². The molecule has 0 fully saturated rings. The van der Waals surface area contributed by atoms with Crippen molar-refractivity contribution in [2.45, 2.75) is 83.1 Å². The number of hydrogen-bond acceptors (Lipinski definition) is 1. The number of nitrogens with two attached hydrogens (primary N) is 1. The van der Waals surface area contributed by atoms with Crippen LogP contribution in [-0.4, -0.2) is 6.04 Å². The lowest BCUT2D eigenvalue weighted by atomic mass is 9.66. The van der Waals surface area contributed by atoms with Gasteiger partial charge in [-0.25, -0.2) is 0 Å². The van der Waals surface area contributed by atoms with Crippen molar-refractivity contribution in [3.8, 4) is 0 Å². The van der Waals surface area contributed by atoms with Crippen molar-refractivity contribution < 1.29 is 0 Å². The summed E-state index contributed by atoms with van der Waals surface area (Å²) in [6, 6.07) is 21.9. The van der Waals surface area contributed by atoms with Crippen LogP contribution in [0.4, 0.5) is 0 Å². The van der Waals surface area contributed by atoms with Gasteiger partial charge in [0.1, 0.15) is 0 Å². The molecule has 0 amide bonds. The highest BCUT2D eigenvalue weighted by Gasteiger charge is 2.38. The molecule has 1 unspecified atom stereocenters. The van der Waals surface area contributed by atoms with Crippen molar-refractivity contribution in [2.24, 2.45) is 5.73 Å². The molecule has 0 aliphatic rings. The molecule has 2 N–H and O–H groups in total. The summed E-state index contributed by atoms with van der Waals surface area (Å²) in [6.45, 7) is 4.56. The number of unbranched alkanes of at least 4 members (excludes halogenated alkanes) is 6. The predicted octanol–water partition coefficient (Wildman–Crippen LogP) is 6.85. The van der Waals surface area contributed by atoms with Gasteiger partial charge in [-0.05, 0) is 24.0 Å². The van der Waals surface area contributed by atoms with Crippen molar-refractivity contribution in [3.63, 3.8) is 0 Å². The van der Waals surface area contributed by atoms with Gasteiger partial charge in [0, 0.05) is 11.5 Å². The largest absolute Gasteiger partial charge is 0.327 e. The summed E-state index contributed by atoms with van der Waals surface area (Å²) < 4.78 is 0. The minimum absolute atomic E-state index is 0.0925. The van der Waals surface area contributed by atoms with E-state index in [4.69, 9.17) is 5.73 Å². The predicted molar refractivity (Wildman–Crippen MR) is 115 cm³/mol. The van der Waals surface area contributed by atoms with E-state index in [9.17, 15) is 0 Å². The first-order chi connectivity index (χ1) is 12.8. The highest BCUT2D eigenvalue weighted by molar-refractivity contribution is 5.41. The molecule has 0 aliphatic heterocycles. The fourth-order valence-electron chi connectivity index (χ4n) is 4.30. The third-order valence-electron chi connectivity index (χ3n) is 5.89. The number of hydrogen-bond donors (Lipinski definition) is 1. The van der Waals surface area contributed by atoms with Crippen LogP contribution in [-0.2, 0) is 5.41 Å². The first-order valence-electron chi connectivity index (χ1n) is 10.6. The zero-order valence-electron chi connectivity index (χ0n) is 16.8. The molecule has 0 saturated heterocycles. The Balaban J connectivity index is 2.09. The standard InChI is InChI=1S/C25H37N/c1-3-5-6-7-8-9-16-21-24(26)25(4-2,22-17-12-10-13-18-22)23-19-14-11-15-20-23/h10-15,17-20,24H,3-9,16,21,26H2,1-2H3. The molecule has 0 radical (unpaired) electrons. The van der Waals surface area contributed by atoms with Gasteiger partial charge in [0.25, 0.3) is 0 Å². The Kier molecular flexibility index (Phi) is 8.91. The zero-order valence-corrected chi connectivity index (χ0v) is 16.8. The van der Waals surface area contributed by atoms with Gasteiger partial charge in [0.05, 0.1) is 0 Å². The average Bonchev–Trinajstić information content (AvgIpc) is 2.70. The van der Waals surface area contributed by atoms with Gasteiger partial charge in [-0.15, -0.1) is 0 Å². The summed E-state index contributed by atoms with van der Waals surface area (Å²) in [4.78, 5) is 0. The fraction of sp³-hybridized carbons (Fsp3) is 0.520. The second-order valence-corrected chi connectivity index (χ2v) is 7.57. The molecule has 0 saturated carbocycles. The summed E-state index contributed by atoms with van der Waals surface area (Å²) in [5.74, 6) is 0. The molecule has 2 aromatic rings. The minimum atomic E-state index is -0.0925. The molecule has 142 valence electrons. The third kappa shape index (κ3) is 5.20. The second-order valence-electron chi connectivity index (χ2n) is 7.57. The van der Waals surface area contributed by atoms with E-state index >= 15 is 0 Å². The molecule has 2 rings (SSSR count). The lowest BCUT2D eigenvalue weighted by Gasteiger charge is -2.40. The van der Waals surface area contributed by atoms with E-state index in [-0.39, 0.29) is 11.5 Å². The highest BCUT2D eigenvalue weighted by atomic mass is 14.7. The van der Waals surface area contributed by atoms with Gasteiger partial charge in [-0.1, -0.05) is 119 Å². The van der Waals surface area contributed by atoms with Crippen LogP contribution < -0.4 is 5.73 Å². The van der Waals surface area contributed by atoms with E-state index < -0.39 is 0 Å². The molecule has 0 aromatic heterocycles. The molecule has 0 aliphatic carbocycles. The zero-order chi connectivity index (χ0) is 18.7. The topological polar surface area (TPSA) is 26.0 Å². The number of rotatable bonds is 12. The van der Waals surface area contributed by atoms with Crippen LogP contribution in [0.1, 0.15) is 82.8 Å². The Labute approximate surface area is 161 Å². The molecule has 1 nitrogen and oxygen atoms in total. The van der Waals surface area contributed by atoms with Crippen LogP contribution in [0.2, 0.25) is 0 Å². The molecule has 26 heavy (non-hydrogen) atoms. The van der Waals surface area contributed by atoms with Gasteiger partial charge in [-0.3, -0.25) is 0 Å². The van der Waals surface area contributed by atoms with Crippen LogP contribution in [0.15, 0.2) is 60.7 Å². The Bertz CT molecular complexity index is 551. The van der Waals surface area contributed by atoms with E-state index in [1.165, 1.54) is 56.1 Å². The van der Waals surface area contributed by atoms with Crippen LogP contribution >= 0.6 is 0 Å². The summed E-state index contributed by atoms with van der Waals surface area (Å²) in [5.41, 5.74) is 9.50. The van der Waals surface area contributed by atoms with Crippen molar-refractivity contribution in [3.05, 3.63) is 71.8 Å². The first-order valence-corrected chi connectivity index (χ1v) is 10.6. The summed E-state index contributed by atoms with van der Waals surface area (Å²) in [6.07, 6.45) is 11.5. The quantitative estimate of drug-likeness (QED) is 0.416. The van der Waals surface area contributed by atoms with Crippen LogP contribution in [0.25, 0.3) is 0 Å². The maximum atomic E-state index is 6.89. The van der Waals surface area contributed by atoms with E-state index in [1.54, 1.807) is 0 Å². The molecular weight excluding hydrogens is 314 g/mol. The monoisotopic (exact) mass is 351 g/mol. The fourth-order valence-corrected chi connectivity index (χ4v) is 4.30. The Morgan fingerprint density at radius 2 is 1.15 bits per heavy atom. The third-order valence-corrected chi connectivity index (χ3v) is 5.89. The van der Waals surface area contributed by atoms with E-state index in [0.717, 1.165) is 12.8 Å². The average molecular weight is 352 g/mol. The van der Waals surface area contributed by atoms with Crippen LogP contribution in [0.3, 0.4) is 0 Å². The lowest BCUT2D eigenvalue weighted by molar-refractivity contribution is 0.363. The Morgan fingerprint density at radius 3 is 1.62 bits per heavy atom. The second kappa shape index (κ2) is 11.2. The van der Waals surface area contributed by atoms with Crippen LogP contribution in [0.5, 0.6) is 0 Å². The highest BCUT2D eigenvalue weighted by Crippen LogP contribution is 2.39. The summed E-state index contributed by atoms with van der Waals surface area (Å²) >= 11 is 0. The molecule has 1 atom stereocenters. The van der Waals surface area contributed by atoms with Crippen molar-refractivity contribution in [1.82, 2.24) is 0 Å². The summed E-state index contributed by atoms with van der Waals surface area (Å²) in [5, 5.41) is 0. The number of benzene rings is 2. The van der Waals surface area contributed by atoms with E-state index in [1.807, 2.05) is 0 Å². The SMILES string of the molecule is CCCCCCCCCC(N)C(CC)(c1ccccc1)c1ccccc1. The lowest BCUT2D eigenvalue weighted by Crippen LogP contribution is -2.46. The van der Waals surface area contributed by atoms with E-state index in [2.05, 4.69) is 74.5 Å². The summed E-state index contributed by atoms with van der Waals surface area (Å²) in [7, 11) is 0.